The average Bonchev–Trinajstić information content (AvgIpc) is 3.65. The van der Waals surface area contributed by atoms with Crippen LogP contribution in [0.2, 0.25) is 0 Å². The van der Waals surface area contributed by atoms with E-state index in [2.05, 4.69) is 167 Å². The van der Waals surface area contributed by atoms with Crippen molar-refractivity contribution in [3.05, 3.63) is 169 Å². The van der Waals surface area contributed by atoms with Crippen molar-refractivity contribution >= 4 is 43.4 Å². The molecule has 0 unspecified atom stereocenters. The molecule has 0 atom stereocenters. The molecule has 0 radical (unpaired) electrons. The van der Waals surface area contributed by atoms with E-state index in [4.69, 9.17) is 15.0 Å². The Hall–Kier alpha value is -6.65. The molecule has 1 aliphatic rings. The van der Waals surface area contributed by atoms with Crippen molar-refractivity contribution in [2.45, 2.75) is 52.4 Å². The van der Waals surface area contributed by atoms with Crippen molar-refractivity contribution < 1.29 is 0 Å². The van der Waals surface area contributed by atoms with Gasteiger partial charge in [0.15, 0.2) is 17.5 Å². The number of nitrogens with zero attached hydrogens (tertiary/aromatic N) is 4. The third-order valence-corrected chi connectivity index (χ3v) is 14.3. The van der Waals surface area contributed by atoms with Crippen LogP contribution in [-0.2, 0) is 10.8 Å². The van der Waals surface area contributed by atoms with Gasteiger partial charge < -0.3 is 4.57 Å². The Morgan fingerprint density at radius 2 is 0.776 bits per heavy atom. The molecule has 4 heteroatoms. The molecular formula is C54H44N4. The van der Waals surface area contributed by atoms with E-state index in [9.17, 15) is 0 Å². The van der Waals surface area contributed by atoms with Crippen LogP contribution in [0, 0.1) is 5.41 Å². The maximum absolute atomic E-state index is 5.04. The minimum atomic E-state index is -0.0617. The summed E-state index contributed by atoms with van der Waals surface area (Å²) in [6.07, 6.45) is 0. The fourth-order valence-electron chi connectivity index (χ4n) is 10.00. The summed E-state index contributed by atoms with van der Waals surface area (Å²) in [6.45, 7) is 14.6. The number of benzene rings is 8. The molecule has 8 aromatic carbocycles. The fraction of sp³-hybridized carbons (Fsp3) is 0.167. The van der Waals surface area contributed by atoms with Gasteiger partial charge in [-0.1, -0.05) is 175 Å². The summed E-state index contributed by atoms with van der Waals surface area (Å²) < 4.78 is 2.55. The Morgan fingerprint density at radius 1 is 0.379 bits per heavy atom. The number of rotatable bonds is 5. The second kappa shape index (κ2) is 12.2. The second-order valence-electron chi connectivity index (χ2n) is 17.7. The minimum absolute atomic E-state index is 0.0133. The highest BCUT2D eigenvalue weighted by Crippen LogP contribution is 2.62. The first kappa shape index (κ1) is 34.6. The highest BCUT2D eigenvalue weighted by molar-refractivity contribution is 6.34. The zero-order valence-corrected chi connectivity index (χ0v) is 33.8. The highest BCUT2D eigenvalue weighted by atomic mass is 15.0. The smallest absolute Gasteiger partial charge is 0.164 e. The molecule has 280 valence electrons. The van der Waals surface area contributed by atoms with Crippen molar-refractivity contribution in [1.82, 2.24) is 19.5 Å². The molecule has 2 heterocycles. The van der Waals surface area contributed by atoms with Crippen molar-refractivity contribution in [3.63, 3.8) is 0 Å². The molecule has 11 rings (SSSR count). The van der Waals surface area contributed by atoms with E-state index < -0.39 is 0 Å². The normalized spacial score (nSPS) is 15.5. The monoisotopic (exact) mass is 748 g/mol. The van der Waals surface area contributed by atoms with Crippen LogP contribution in [0.1, 0.15) is 52.7 Å². The number of hydrogen-bond acceptors (Lipinski definition) is 3. The standard InChI is InChI=1S/C54H44N4/c1-52(2)42-31-41(33-27-29-36(30-28-33)51-56-49(34-17-9-7-10-18-34)55-50(57-51)35-19-11-8-12-20-35)46(32-43(42)53(3,4)54(52,5)6)58-44-25-15-23-39-37-21-13-14-22-38(37)40-24-16-26-45(58)48(40)47(39)44/h7-32H,1-6H3. The molecule has 0 aliphatic heterocycles. The predicted octanol–water partition coefficient (Wildman–Crippen LogP) is 14.0. The van der Waals surface area contributed by atoms with Gasteiger partial charge in [0, 0.05) is 33.0 Å². The Morgan fingerprint density at radius 3 is 1.26 bits per heavy atom. The number of hydrogen-bond donors (Lipinski definition) is 0. The summed E-state index contributed by atoms with van der Waals surface area (Å²) >= 11 is 0. The first-order valence-corrected chi connectivity index (χ1v) is 20.4. The molecule has 58 heavy (non-hydrogen) atoms. The summed E-state index contributed by atoms with van der Waals surface area (Å²) in [4.78, 5) is 15.0. The lowest BCUT2D eigenvalue weighted by Crippen LogP contribution is -2.42. The number of fused-ring (bicyclic) bond motifs is 4. The minimum Gasteiger partial charge on any atom is -0.309 e. The lowest BCUT2D eigenvalue weighted by molar-refractivity contribution is 0.125. The summed E-state index contributed by atoms with van der Waals surface area (Å²) in [5, 5.41) is 7.84. The fourth-order valence-corrected chi connectivity index (χ4v) is 10.00. The first-order chi connectivity index (χ1) is 28.0. The Kier molecular flexibility index (Phi) is 7.26. The van der Waals surface area contributed by atoms with Gasteiger partial charge >= 0.3 is 0 Å². The van der Waals surface area contributed by atoms with Crippen molar-refractivity contribution in [1.29, 1.82) is 0 Å². The Labute approximate surface area is 339 Å². The molecule has 1 aliphatic carbocycles. The molecule has 0 amide bonds. The summed E-state index contributed by atoms with van der Waals surface area (Å²) in [5.74, 6) is 1.97. The van der Waals surface area contributed by atoms with Crippen LogP contribution in [0.4, 0.5) is 0 Å². The van der Waals surface area contributed by atoms with Crippen molar-refractivity contribution in [2.24, 2.45) is 5.41 Å². The summed E-state index contributed by atoms with van der Waals surface area (Å²) in [5.41, 5.74) is 11.6. The van der Waals surface area contributed by atoms with E-state index in [-0.39, 0.29) is 16.2 Å². The quantitative estimate of drug-likeness (QED) is 0.165. The van der Waals surface area contributed by atoms with Crippen LogP contribution in [0.5, 0.6) is 0 Å². The maximum atomic E-state index is 5.04. The van der Waals surface area contributed by atoms with Crippen LogP contribution in [0.3, 0.4) is 0 Å². The molecule has 10 aromatic rings. The summed E-state index contributed by atoms with van der Waals surface area (Å²) in [6, 6.07) is 56.8. The van der Waals surface area contributed by atoms with Gasteiger partial charge in [0.1, 0.15) is 0 Å². The Balaban J connectivity index is 1.16. The van der Waals surface area contributed by atoms with E-state index in [0.717, 1.165) is 22.3 Å². The second-order valence-corrected chi connectivity index (χ2v) is 17.7. The van der Waals surface area contributed by atoms with Gasteiger partial charge in [-0.15, -0.1) is 0 Å². The van der Waals surface area contributed by atoms with Crippen molar-refractivity contribution in [3.8, 4) is 51.0 Å². The number of aromatic nitrogens is 4. The van der Waals surface area contributed by atoms with Gasteiger partial charge in [0.05, 0.1) is 16.7 Å². The van der Waals surface area contributed by atoms with Gasteiger partial charge in [-0.25, -0.2) is 15.0 Å². The zero-order chi connectivity index (χ0) is 39.6. The third-order valence-electron chi connectivity index (χ3n) is 14.3. The van der Waals surface area contributed by atoms with E-state index in [1.165, 1.54) is 65.7 Å². The van der Waals surface area contributed by atoms with Gasteiger partial charge in [-0.3, -0.25) is 0 Å². The van der Waals surface area contributed by atoms with Gasteiger partial charge in [0.2, 0.25) is 0 Å². The first-order valence-electron chi connectivity index (χ1n) is 20.4. The molecular weight excluding hydrogens is 705 g/mol. The molecule has 0 saturated heterocycles. The molecule has 0 bridgehead atoms. The van der Waals surface area contributed by atoms with Gasteiger partial charge in [-0.2, -0.15) is 0 Å². The lowest BCUT2D eigenvalue weighted by atomic mass is 9.59. The van der Waals surface area contributed by atoms with Crippen LogP contribution >= 0.6 is 0 Å². The Bertz CT molecular complexity index is 3080. The molecule has 2 aromatic heterocycles. The molecule has 0 saturated carbocycles. The van der Waals surface area contributed by atoms with Crippen LogP contribution in [0.15, 0.2) is 158 Å². The van der Waals surface area contributed by atoms with Crippen molar-refractivity contribution in [2.75, 3.05) is 0 Å². The van der Waals surface area contributed by atoms with E-state index in [1.54, 1.807) is 0 Å². The predicted molar refractivity (Wildman–Crippen MR) is 242 cm³/mol. The molecule has 0 fully saturated rings. The lowest BCUT2D eigenvalue weighted by Gasteiger charge is -2.44. The maximum Gasteiger partial charge on any atom is 0.164 e. The largest absolute Gasteiger partial charge is 0.309 e. The topological polar surface area (TPSA) is 43.6 Å². The van der Waals surface area contributed by atoms with Gasteiger partial charge in [-0.05, 0) is 78.7 Å². The SMILES string of the molecule is CC1(C)c2cc(-c3ccc(-c4nc(-c5ccccc5)nc(-c5ccccc5)n4)cc3)c(-n3c4cccc5c6ccccc6c6cccc3c6c54)cc2C(C)(C)C1(C)C. The van der Waals surface area contributed by atoms with Gasteiger partial charge in [0.25, 0.3) is 0 Å². The molecule has 4 nitrogen and oxygen atoms in total. The third kappa shape index (κ3) is 4.72. The summed E-state index contributed by atoms with van der Waals surface area (Å²) in [7, 11) is 0. The molecule has 0 N–H and O–H groups in total. The van der Waals surface area contributed by atoms with Crippen LogP contribution < -0.4 is 0 Å². The van der Waals surface area contributed by atoms with Crippen LogP contribution in [0.25, 0.3) is 94.3 Å². The van der Waals surface area contributed by atoms with E-state index in [1.807, 2.05) is 36.4 Å². The average molecular weight is 749 g/mol. The molecule has 0 spiro atoms. The zero-order valence-electron chi connectivity index (χ0n) is 33.8. The highest BCUT2D eigenvalue weighted by Gasteiger charge is 2.57. The van der Waals surface area contributed by atoms with E-state index >= 15 is 0 Å². The van der Waals surface area contributed by atoms with Crippen LogP contribution in [-0.4, -0.2) is 19.5 Å². The van der Waals surface area contributed by atoms with E-state index in [0.29, 0.717) is 17.5 Å².